The summed E-state index contributed by atoms with van der Waals surface area (Å²) in [6, 6.07) is 6.25. The molecule has 1 aliphatic rings. The van der Waals surface area contributed by atoms with Crippen molar-refractivity contribution in [2.75, 3.05) is 13.1 Å². The molecule has 2 heterocycles. The highest BCUT2D eigenvalue weighted by atomic mass is 32.2. The van der Waals surface area contributed by atoms with E-state index in [4.69, 9.17) is 0 Å². The van der Waals surface area contributed by atoms with Crippen LogP contribution in [0.5, 0.6) is 0 Å². The molecule has 0 aliphatic carbocycles. The molecule has 1 aliphatic heterocycles. The smallest absolute Gasteiger partial charge is 0.251 e. The molecule has 0 bridgehead atoms. The van der Waals surface area contributed by atoms with Crippen molar-refractivity contribution in [3.05, 3.63) is 46.4 Å². The molecule has 1 aromatic heterocycles. The summed E-state index contributed by atoms with van der Waals surface area (Å²) < 4.78 is 27.2. The zero-order chi connectivity index (χ0) is 17.7. The van der Waals surface area contributed by atoms with Crippen LogP contribution in [0.4, 0.5) is 0 Å². The Kier molecular flexibility index (Phi) is 5.82. The van der Waals surface area contributed by atoms with E-state index in [2.05, 4.69) is 10.3 Å². The van der Waals surface area contributed by atoms with Gasteiger partial charge in [-0.05, 0) is 31.0 Å². The maximum atomic E-state index is 12.8. The van der Waals surface area contributed by atoms with Gasteiger partial charge in [-0.25, -0.2) is 13.4 Å². The number of hydrogen-bond acceptors (Lipinski definition) is 5. The second-order valence-corrected chi connectivity index (χ2v) is 8.87. The summed E-state index contributed by atoms with van der Waals surface area (Å²) in [4.78, 5) is 16.6. The first-order valence-corrected chi connectivity index (χ1v) is 10.7. The molecule has 0 unspecified atom stereocenters. The quantitative estimate of drug-likeness (QED) is 0.866. The van der Waals surface area contributed by atoms with Crippen molar-refractivity contribution in [1.29, 1.82) is 0 Å². The van der Waals surface area contributed by atoms with Gasteiger partial charge >= 0.3 is 0 Å². The van der Waals surface area contributed by atoms with E-state index < -0.39 is 10.0 Å². The van der Waals surface area contributed by atoms with Gasteiger partial charge in [-0.15, -0.1) is 11.3 Å². The van der Waals surface area contributed by atoms with E-state index in [1.807, 2.05) is 5.38 Å². The number of aromatic nitrogens is 1. The fraction of sp³-hybridized carbons (Fsp3) is 0.412. The van der Waals surface area contributed by atoms with Crippen molar-refractivity contribution >= 4 is 27.3 Å². The van der Waals surface area contributed by atoms with Crippen LogP contribution in [0.3, 0.4) is 0 Å². The van der Waals surface area contributed by atoms with Crippen LogP contribution in [-0.4, -0.2) is 36.7 Å². The Morgan fingerprint density at radius 3 is 2.64 bits per heavy atom. The van der Waals surface area contributed by atoms with E-state index >= 15 is 0 Å². The van der Waals surface area contributed by atoms with E-state index in [9.17, 15) is 13.2 Å². The van der Waals surface area contributed by atoms with Gasteiger partial charge in [0.25, 0.3) is 5.91 Å². The summed E-state index contributed by atoms with van der Waals surface area (Å²) >= 11 is 1.46. The molecule has 1 fully saturated rings. The third kappa shape index (κ3) is 4.45. The van der Waals surface area contributed by atoms with Crippen LogP contribution in [0.2, 0.25) is 0 Å². The summed E-state index contributed by atoms with van der Waals surface area (Å²) in [5, 5.41) is 5.42. The molecule has 134 valence electrons. The van der Waals surface area contributed by atoms with Crippen molar-refractivity contribution in [1.82, 2.24) is 14.6 Å². The Balaban J connectivity index is 1.74. The summed E-state index contributed by atoms with van der Waals surface area (Å²) in [7, 11) is -3.56. The third-order valence-electron chi connectivity index (χ3n) is 4.18. The maximum absolute atomic E-state index is 12.8. The van der Waals surface area contributed by atoms with Crippen LogP contribution in [0.15, 0.2) is 40.7 Å². The molecule has 8 heteroatoms. The largest absolute Gasteiger partial charge is 0.346 e. The molecule has 25 heavy (non-hydrogen) atoms. The SMILES string of the molecule is O=C(NCc1nccs1)c1cccc(S(=O)(=O)N2CCCCCC2)c1. The Morgan fingerprint density at radius 2 is 1.96 bits per heavy atom. The van der Waals surface area contributed by atoms with E-state index in [1.165, 1.54) is 21.7 Å². The Hall–Kier alpha value is -1.77. The third-order valence-corrected chi connectivity index (χ3v) is 6.86. The van der Waals surface area contributed by atoms with E-state index in [1.54, 1.807) is 24.4 Å². The van der Waals surface area contributed by atoms with Crippen LogP contribution in [0.1, 0.15) is 41.0 Å². The predicted octanol–water partition coefficient (Wildman–Crippen LogP) is 2.64. The van der Waals surface area contributed by atoms with Gasteiger partial charge in [-0.3, -0.25) is 4.79 Å². The minimum atomic E-state index is -3.56. The van der Waals surface area contributed by atoms with Gasteiger partial charge in [0.2, 0.25) is 10.0 Å². The lowest BCUT2D eigenvalue weighted by Gasteiger charge is -2.20. The summed E-state index contributed by atoms with van der Waals surface area (Å²) in [6.07, 6.45) is 5.57. The lowest BCUT2D eigenvalue weighted by Crippen LogP contribution is -2.32. The fourth-order valence-electron chi connectivity index (χ4n) is 2.83. The van der Waals surface area contributed by atoms with Crippen LogP contribution in [0.25, 0.3) is 0 Å². The molecule has 0 saturated carbocycles. The molecule has 1 saturated heterocycles. The molecule has 1 aromatic carbocycles. The highest BCUT2D eigenvalue weighted by Gasteiger charge is 2.25. The molecule has 0 atom stereocenters. The van der Waals surface area contributed by atoms with Crippen molar-refractivity contribution in [2.24, 2.45) is 0 Å². The van der Waals surface area contributed by atoms with E-state index in [0.717, 1.165) is 30.7 Å². The van der Waals surface area contributed by atoms with Crippen molar-refractivity contribution in [3.8, 4) is 0 Å². The number of nitrogens with one attached hydrogen (secondary N) is 1. The molecule has 3 rings (SSSR count). The van der Waals surface area contributed by atoms with Gasteiger partial charge in [-0.2, -0.15) is 4.31 Å². The Bertz CT molecular complexity index is 811. The Morgan fingerprint density at radius 1 is 1.20 bits per heavy atom. The van der Waals surface area contributed by atoms with Crippen LogP contribution >= 0.6 is 11.3 Å². The highest BCUT2D eigenvalue weighted by molar-refractivity contribution is 7.89. The fourth-order valence-corrected chi connectivity index (χ4v) is 4.95. The zero-order valence-electron chi connectivity index (χ0n) is 13.8. The molecule has 2 aromatic rings. The second kappa shape index (κ2) is 8.07. The number of sulfonamides is 1. The number of amides is 1. The van der Waals surface area contributed by atoms with Crippen LogP contribution in [0, 0.1) is 0 Å². The number of benzene rings is 1. The Labute approximate surface area is 151 Å². The first-order chi connectivity index (χ1) is 12.1. The van der Waals surface area contributed by atoms with Crippen molar-refractivity contribution < 1.29 is 13.2 Å². The molecule has 1 amide bonds. The average molecular weight is 380 g/mol. The molecule has 0 spiro atoms. The molecule has 6 nitrogen and oxygen atoms in total. The van der Waals surface area contributed by atoms with Gasteiger partial charge in [0.15, 0.2) is 0 Å². The summed E-state index contributed by atoms with van der Waals surface area (Å²) in [5.74, 6) is -0.303. The average Bonchev–Trinajstić information content (AvgIpc) is 2.99. The second-order valence-electron chi connectivity index (χ2n) is 5.95. The van der Waals surface area contributed by atoms with Gasteiger partial charge in [0.1, 0.15) is 5.01 Å². The molecule has 0 radical (unpaired) electrons. The molecule has 1 N–H and O–H groups in total. The lowest BCUT2D eigenvalue weighted by atomic mass is 10.2. The van der Waals surface area contributed by atoms with Crippen molar-refractivity contribution in [3.63, 3.8) is 0 Å². The van der Waals surface area contributed by atoms with Crippen LogP contribution in [-0.2, 0) is 16.6 Å². The number of carbonyl (C=O) groups excluding carboxylic acids is 1. The number of thiazole rings is 1. The number of carbonyl (C=O) groups is 1. The normalized spacial score (nSPS) is 16.3. The first-order valence-electron chi connectivity index (χ1n) is 8.34. The number of rotatable bonds is 5. The maximum Gasteiger partial charge on any atom is 0.251 e. The van der Waals surface area contributed by atoms with Gasteiger partial charge in [-0.1, -0.05) is 18.9 Å². The number of nitrogens with zero attached hydrogens (tertiary/aromatic N) is 2. The molecular weight excluding hydrogens is 358 g/mol. The van der Waals surface area contributed by atoms with Gasteiger partial charge < -0.3 is 5.32 Å². The first kappa shape index (κ1) is 18.0. The zero-order valence-corrected chi connectivity index (χ0v) is 15.5. The minimum absolute atomic E-state index is 0.177. The number of hydrogen-bond donors (Lipinski definition) is 1. The highest BCUT2D eigenvalue weighted by Crippen LogP contribution is 2.21. The topological polar surface area (TPSA) is 79.4 Å². The van der Waals surface area contributed by atoms with Gasteiger partial charge in [0, 0.05) is 30.2 Å². The monoisotopic (exact) mass is 379 g/mol. The summed E-state index contributed by atoms with van der Waals surface area (Å²) in [6.45, 7) is 1.42. The van der Waals surface area contributed by atoms with Gasteiger partial charge in [0.05, 0.1) is 11.4 Å². The summed E-state index contributed by atoms with van der Waals surface area (Å²) in [5.41, 5.74) is 0.340. The minimum Gasteiger partial charge on any atom is -0.346 e. The standard InChI is InChI=1S/C17H21N3O3S2/c21-17(19-13-16-18-8-11-24-16)14-6-5-7-15(12-14)25(22,23)20-9-3-1-2-4-10-20/h5-8,11-12H,1-4,9-10,13H2,(H,19,21). The molecular formula is C17H21N3O3S2. The van der Waals surface area contributed by atoms with Crippen LogP contribution < -0.4 is 5.32 Å². The predicted molar refractivity (Wildman–Crippen MR) is 97.0 cm³/mol. The van der Waals surface area contributed by atoms with E-state index in [0.29, 0.717) is 25.2 Å². The lowest BCUT2D eigenvalue weighted by molar-refractivity contribution is 0.0950. The van der Waals surface area contributed by atoms with E-state index in [-0.39, 0.29) is 10.8 Å². The van der Waals surface area contributed by atoms with Crippen molar-refractivity contribution in [2.45, 2.75) is 37.1 Å².